The van der Waals surface area contributed by atoms with Crippen LogP contribution in [0, 0.1) is 0 Å². The van der Waals surface area contributed by atoms with E-state index in [-0.39, 0.29) is 5.91 Å². The van der Waals surface area contributed by atoms with Crippen LogP contribution < -0.4 is 16.0 Å². The molecule has 1 aliphatic carbocycles. The fourth-order valence-corrected chi connectivity index (χ4v) is 3.69. The van der Waals surface area contributed by atoms with Gasteiger partial charge in [-0.2, -0.15) is 11.8 Å². The number of rotatable bonds is 4. The molecule has 3 N–H and O–H groups in total. The minimum Gasteiger partial charge on any atom is -0.397 e. The maximum atomic E-state index is 12.4. The van der Waals surface area contributed by atoms with E-state index in [2.05, 4.69) is 11.6 Å². The van der Waals surface area contributed by atoms with Crippen molar-refractivity contribution in [3.8, 4) is 0 Å². The molecule has 0 aliphatic heterocycles. The Morgan fingerprint density at radius 3 is 2.76 bits per heavy atom. The van der Waals surface area contributed by atoms with Crippen LogP contribution >= 0.6 is 11.8 Å². The van der Waals surface area contributed by atoms with Crippen molar-refractivity contribution in [1.29, 1.82) is 0 Å². The highest BCUT2D eigenvalue weighted by Gasteiger charge is 2.23. The third-order valence-corrected chi connectivity index (χ3v) is 5.16. The van der Waals surface area contributed by atoms with Gasteiger partial charge >= 0.3 is 0 Å². The molecule has 1 aliphatic rings. The molecule has 0 aromatic heterocycles. The highest BCUT2D eigenvalue weighted by molar-refractivity contribution is 7.99. The van der Waals surface area contributed by atoms with E-state index >= 15 is 0 Å². The molecule has 1 fully saturated rings. The van der Waals surface area contributed by atoms with Crippen molar-refractivity contribution in [2.45, 2.75) is 37.0 Å². The number of nitrogens with two attached hydrogens (primary N) is 1. The Morgan fingerprint density at radius 2 is 2.14 bits per heavy atom. The molecule has 21 heavy (non-hydrogen) atoms. The molecule has 0 spiro atoms. The predicted molar refractivity (Wildman–Crippen MR) is 92.2 cm³/mol. The van der Waals surface area contributed by atoms with Crippen molar-refractivity contribution in [2.24, 2.45) is 0 Å². The number of nitrogen functional groups attached to an aromatic ring is 1. The zero-order valence-electron chi connectivity index (χ0n) is 13.1. The Balaban J connectivity index is 2.01. The highest BCUT2D eigenvalue weighted by Crippen LogP contribution is 2.27. The lowest BCUT2D eigenvalue weighted by molar-refractivity contribution is 0.0928. The first-order valence-electron chi connectivity index (χ1n) is 7.41. The highest BCUT2D eigenvalue weighted by atomic mass is 32.2. The van der Waals surface area contributed by atoms with Gasteiger partial charge in [0.25, 0.3) is 5.91 Å². The van der Waals surface area contributed by atoms with Crippen LogP contribution in [0.25, 0.3) is 0 Å². The van der Waals surface area contributed by atoms with Gasteiger partial charge in [0, 0.05) is 31.0 Å². The van der Waals surface area contributed by atoms with E-state index in [1.807, 2.05) is 42.9 Å². The molecule has 1 saturated carbocycles. The lowest BCUT2D eigenvalue weighted by Crippen LogP contribution is -2.39. The van der Waals surface area contributed by atoms with Gasteiger partial charge < -0.3 is 16.0 Å². The van der Waals surface area contributed by atoms with Crippen molar-refractivity contribution in [2.75, 3.05) is 31.0 Å². The second-order valence-corrected chi connectivity index (χ2v) is 7.00. The van der Waals surface area contributed by atoms with Crippen LogP contribution in [0.3, 0.4) is 0 Å². The number of anilines is 2. The molecule has 1 amide bonds. The van der Waals surface area contributed by atoms with Crippen molar-refractivity contribution < 1.29 is 4.79 Å². The Morgan fingerprint density at radius 1 is 1.38 bits per heavy atom. The van der Waals surface area contributed by atoms with Crippen LogP contribution in [0.15, 0.2) is 18.2 Å². The second-order valence-electron chi connectivity index (χ2n) is 5.86. The van der Waals surface area contributed by atoms with Crippen LogP contribution in [-0.4, -0.2) is 37.6 Å². The van der Waals surface area contributed by atoms with E-state index in [0.29, 0.717) is 22.5 Å². The van der Waals surface area contributed by atoms with E-state index < -0.39 is 0 Å². The van der Waals surface area contributed by atoms with E-state index in [0.717, 1.165) is 18.5 Å². The van der Waals surface area contributed by atoms with Gasteiger partial charge in [0.15, 0.2) is 0 Å². The maximum absolute atomic E-state index is 12.4. The number of amides is 1. The van der Waals surface area contributed by atoms with E-state index in [4.69, 9.17) is 5.73 Å². The quantitative estimate of drug-likeness (QED) is 0.840. The Kier molecular flexibility index (Phi) is 5.39. The summed E-state index contributed by atoms with van der Waals surface area (Å²) in [6.45, 7) is 0. The van der Waals surface area contributed by atoms with Gasteiger partial charge in [0.05, 0.1) is 11.4 Å². The summed E-state index contributed by atoms with van der Waals surface area (Å²) in [5, 5.41) is 3.83. The summed E-state index contributed by atoms with van der Waals surface area (Å²) in [7, 11) is 3.88. The number of hydrogen-bond donors (Lipinski definition) is 2. The first kappa shape index (κ1) is 16.0. The lowest BCUT2D eigenvalue weighted by Gasteiger charge is -2.28. The summed E-state index contributed by atoms with van der Waals surface area (Å²) >= 11 is 1.90. The van der Waals surface area contributed by atoms with Gasteiger partial charge in [-0.25, -0.2) is 0 Å². The monoisotopic (exact) mass is 307 g/mol. The fraction of sp³-hybridized carbons (Fsp3) is 0.562. The fourth-order valence-electron chi connectivity index (χ4n) is 2.86. The average Bonchev–Trinajstić information content (AvgIpc) is 2.46. The van der Waals surface area contributed by atoms with E-state index in [1.54, 1.807) is 6.07 Å². The standard InChI is InChI=1S/C16H25N3OS/c1-19(2)15-8-7-11(9-14(15)17)16(20)18-12-5-4-6-13(10-12)21-3/h7-9,12-13H,4-6,10,17H2,1-3H3,(H,18,20). The Hall–Kier alpha value is -1.36. The summed E-state index contributed by atoms with van der Waals surface area (Å²) in [6, 6.07) is 5.80. The van der Waals surface area contributed by atoms with Gasteiger partial charge in [0.2, 0.25) is 0 Å². The number of nitrogens with zero attached hydrogens (tertiary/aromatic N) is 1. The lowest BCUT2D eigenvalue weighted by atomic mass is 9.94. The normalized spacial score (nSPS) is 21.9. The molecule has 0 saturated heterocycles. The number of benzene rings is 1. The van der Waals surface area contributed by atoms with Crippen LogP contribution in [0.5, 0.6) is 0 Å². The Bertz CT molecular complexity index is 504. The summed E-state index contributed by atoms with van der Waals surface area (Å²) in [5.74, 6) is -0.0150. The molecule has 5 heteroatoms. The number of carbonyl (C=O) groups is 1. The molecule has 2 unspecified atom stereocenters. The maximum Gasteiger partial charge on any atom is 0.251 e. The predicted octanol–water partition coefficient (Wildman–Crippen LogP) is 2.74. The molecule has 0 radical (unpaired) electrons. The average molecular weight is 307 g/mol. The third-order valence-electron chi connectivity index (χ3n) is 4.07. The number of thioether (sulfide) groups is 1. The third kappa shape index (κ3) is 4.06. The number of hydrogen-bond acceptors (Lipinski definition) is 4. The summed E-state index contributed by atoms with van der Waals surface area (Å²) < 4.78 is 0. The van der Waals surface area contributed by atoms with Crippen LogP contribution in [-0.2, 0) is 0 Å². The smallest absolute Gasteiger partial charge is 0.251 e. The van der Waals surface area contributed by atoms with Crippen molar-refractivity contribution >= 4 is 29.0 Å². The topological polar surface area (TPSA) is 58.4 Å². The van der Waals surface area contributed by atoms with E-state index in [9.17, 15) is 4.79 Å². The summed E-state index contributed by atoms with van der Waals surface area (Å²) in [4.78, 5) is 14.3. The first-order valence-corrected chi connectivity index (χ1v) is 8.70. The number of carbonyl (C=O) groups excluding carboxylic acids is 1. The van der Waals surface area contributed by atoms with Crippen molar-refractivity contribution in [1.82, 2.24) is 5.32 Å². The molecular weight excluding hydrogens is 282 g/mol. The van der Waals surface area contributed by atoms with Gasteiger partial charge in [-0.1, -0.05) is 6.42 Å². The minimum absolute atomic E-state index is 0.0150. The van der Waals surface area contributed by atoms with Gasteiger partial charge in [0.1, 0.15) is 0 Å². The molecule has 0 heterocycles. The van der Waals surface area contributed by atoms with Gasteiger partial charge in [-0.15, -0.1) is 0 Å². The van der Waals surface area contributed by atoms with Gasteiger partial charge in [-0.05, 0) is 43.7 Å². The zero-order chi connectivity index (χ0) is 15.4. The first-order chi connectivity index (χ1) is 10.0. The van der Waals surface area contributed by atoms with Crippen LogP contribution in [0.4, 0.5) is 11.4 Å². The zero-order valence-corrected chi connectivity index (χ0v) is 13.9. The minimum atomic E-state index is -0.0150. The van der Waals surface area contributed by atoms with Gasteiger partial charge in [-0.3, -0.25) is 4.79 Å². The largest absolute Gasteiger partial charge is 0.397 e. The van der Waals surface area contributed by atoms with Crippen LogP contribution in [0.2, 0.25) is 0 Å². The summed E-state index contributed by atoms with van der Waals surface area (Å²) in [6.07, 6.45) is 6.75. The summed E-state index contributed by atoms with van der Waals surface area (Å²) in [5.41, 5.74) is 8.23. The van der Waals surface area contributed by atoms with Crippen molar-refractivity contribution in [3.63, 3.8) is 0 Å². The second kappa shape index (κ2) is 7.07. The molecule has 2 atom stereocenters. The van der Waals surface area contributed by atoms with Crippen molar-refractivity contribution in [3.05, 3.63) is 23.8 Å². The molecule has 1 aromatic carbocycles. The van der Waals surface area contributed by atoms with E-state index in [1.165, 1.54) is 12.8 Å². The molecule has 0 bridgehead atoms. The molecule has 2 rings (SSSR count). The molecule has 116 valence electrons. The Labute approximate surface area is 131 Å². The molecule has 4 nitrogen and oxygen atoms in total. The number of nitrogens with one attached hydrogen (secondary N) is 1. The molecule has 1 aromatic rings. The van der Waals surface area contributed by atoms with Crippen LogP contribution in [0.1, 0.15) is 36.0 Å². The SMILES string of the molecule is CSC1CCCC(NC(=O)c2ccc(N(C)C)c(N)c2)C1. The molecular formula is C16H25N3OS.